The van der Waals surface area contributed by atoms with Crippen LogP contribution in [0.4, 0.5) is 5.69 Å². The van der Waals surface area contributed by atoms with Crippen LogP contribution in [0.15, 0.2) is 66.7 Å². The van der Waals surface area contributed by atoms with E-state index in [9.17, 15) is 19.2 Å². The van der Waals surface area contributed by atoms with E-state index in [1.807, 2.05) is 31.2 Å². The summed E-state index contributed by atoms with van der Waals surface area (Å²) in [4.78, 5) is 56.2. The predicted molar refractivity (Wildman–Crippen MR) is 129 cm³/mol. The third kappa shape index (κ3) is 2.78. The summed E-state index contributed by atoms with van der Waals surface area (Å²) in [6, 6.07) is 17.8. The van der Waals surface area contributed by atoms with Crippen molar-refractivity contribution >= 4 is 52.4 Å². The van der Waals surface area contributed by atoms with Crippen molar-refractivity contribution in [2.75, 3.05) is 4.90 Å². The molecule has 3 aromatic carbocycles. The normalized spacial score (nSPS) is 24.2. The van der Waals surface area contributed by atoms with E-state index in [4.69, 9.17) is 27.9 Å². The number of esters is 2. The minimum atomic E-state index is -2.00. The quantitative estimate of drug-likeness (QED) is 0.360. The second kappa shape index (κ2) is 7.51. The van der Waals surface area contributed by atoms with Gasteiger partial charge in [0, 0.05) is 16.8 Å². The van der Waals surface area contributed by atoms with Crippen LogP contribution in [0.3, 0.4) is 0 Å². The van der Waals surface area contributed by atoms with Gasteiger partial charge in [0.1, 0.15) is 5.92 Å². The van der Waals surface area contributed by atoms with E-state index >= 15 is 0 Å². The van der Waals surface area contributed by atoms with Crippen LogP contribution in [0.1, 0.15) is 37.9 Å². The number of ether oxygens (including phenoxy) is 1. The van der Waals surface area contributed by atoms with Crippen molar-refractivity contribution in [3.8, 4) is 0 Å². The van der Waals surface area contributed by atoms with Crippen LogP contribution in [-0.4, -0.2) is 29.0 Å². The monoisotopic (exact) mass is 505 g/mol. The molecule has 3 atom stereocenters. The van der Waals surface area contributed by atoms with Gasteiger partial charge in [-0.2, -0.15) is 0 Å². The third-order valence-electron chi connectivity index (χ3n) is 7.24. The molecule has 0 radical (unpaired) electrons. The summed E-state index contributed by atoms with van der Waals surface area (Å²) in [6.45, 7) is 1.92. The lowest BCUT2D eigenvalue weighted by atomic mass is 9.76. The number of hydrogen-bond donors (Lipinski definition) is 0. The maximum atomic E-state index is 14.2. The van der Waals surface area contributed by atoms with Gasteiger partial charge in [0.2, 0.25) is 0 Å². The molecular weight excluding hydrogens is 489 g/mol. The Bertz CT molecular complexity index is 1430. The topological polar surface area (TPSA) is 80.8 Å². The SMILES string of the molecule is Cc1ccc([C@H]2[C@H]3C(=O)OC(=O)[C@@H]3C3(C(=O)c4ccccc4C3=O)N2c2ccc(Cl)c(Cl)c2)cc1. The summed E-state index contributed by atoms with van der Waals surface area (Å²) in [5.41, 5.74) is 0.469. The number of anilines is 1. The summed E-state index contributed by atoms with van der Waals surface area (Å²) < 4.78 is 5.06. The zero-order valence-electron chi connectivity index (χ0n) is 18.3. The van der Waals surface area contributed by atoms with Crippen molar-refractivity contribution in [3.63, 3.8) is 0 Å². The van der Waals surface area contributed by atoms with Crippen molar-refractivity contribution < 1.29 is 23.9 Å². The maximum Gasteiger partial charge on any atom is 0.320 e. The lowest BCUT2D eigenvalue weighted by Gasteiger charge is -2.39. The number of cyclic esters (lactones) is 2. The first-order valence-corrected chi connectivity index (χ1v) is 11.8. The number of Topliss-reactive ketones (excluding diaryl/α,β-unsaturated/α-hetero) is 2. The molecule has 2 heterocycles. The predicted octanol–water partition coefficient (Wildman–Crippen LogP) is 5.00. The zero-order chi connectivity index (χ0) is 24.6. The molecule has 0 N–H and O–H groups in total. The summed E-state index contributed by atoms with van der Waals surface area (Å²) in [5, 5.41) is 0.502. The lowest BCUT2D eigenvalue weighted by Crippen LogP contribution is -2.59. The number of halogens is 2. The molecule has 2 aliphatic heterocycles. The lowest BCUT2D eigenvalue weighted by molar-refractivity contribution is -0.154. The molecule has 0 bridgehead atoms. The number of benzene rings is 3. The third-order valence-corrected chi connectivity index (χ3v) is 7.98. The van der Waals surface area contributed by atoms with Gasteiger partial charge in [0.25, 0.3) is 0 Å². The first kappa shape index (κ1) is 22.0. The molecule has 0 saturated carbocycles. The Kier molecular flexibility index (Phi) is 4.72. The van der Waals surface area contributed by atoms with Crippen LogP contribution in [0.2, 0.25) is 10.0 Å². The molecule has 8 heteroatoms. The van der Waals surface area contributed by atoms with E-state index in [0.717, 1.165) is 5.56 Å². The molecule has 3 aliphatic rings. The molecule has 2 fully saturated rings. The number of rotatable bonds is 2. The highest BCUT2D eigenvalue weighted by atomic mass is 35.5. The standard InChI is InChI=1S/C27H17Cl2NO5/c1-13-6-8-14(9-7-13)22-20-21(26(34)35-25(20)33)27(30(22)15-10-11-18(28)19(29)12-15)23(31)16-4-2-3-5-17(16)24(27)32/h2-12,20-22H,1H3/t20-,21+,22-/m0/s1. The van der Waals surface area contributed by atoms with Gasteiger partial charge in [-0.05, 0) is 30.7 Å². The smallest absolute Gasteiger partial charge is 0.320 e. The molecule has 6 nitrogen and oxygen atoms in total. The highest BCUT2D eigenvalue weighted by Crippen LogP contribution is 2.60. The maximum absolute atomic E-state index is 14.2. The molecule has 6 rings (SSSR count). The van der Waals surface area contributed by atoms with Crippen molar-refractivity contribution in [2.24, 2.45) is 11.8 Å². The van der Waals surface area contributed by atoms with E-state index < -0.39 is 46.9 Å². The van der Waals surface area contributed by atoms with Crippen LogP contribution in [0, 0.1) is 18.8 Å². The van der Waals surface area contributed by atoms with Gasteiger partial charge in [0.05, 0.1) is 22.0 Å². The molecular formula is C27H17Cl2NO5. The summed E-state index contributed by atoms with van der Waals surface area (Å²) in [6.07, 6.45) is 0. The van der Waals surface area contributed by atoms with Gasteiger partial charge in [0.15, 0.2) is 17.1 Å². The molecule has 3 aromatic rings. The molecule has 1 aliphatic carbocycles. The highest BCUT2D eigenvalue weighted by Gasteiger charge is 2.76. The molecule has 0 aromatic heterocycles. The van der Waals surface area contributed by atoms with Crippen molar-refractivity contribution in [2.45, 2.75) is 18.5 Å². The fourth-order valence-electron chi connectivity index (χ4n) is 5.80. The first-order valence-electron chi connectivity index (χ1n) is 11.0. The van der Waals surface area contributed by atoms with Crippen LogP contribution in [0.5, 0.6) is 0 Å². The minimum absolute atomic E-state index is 0.206. The fourth-order valence-corrected chi connectivity index (χ4v) is 6.09. The van der Waals surface area contributed by atoms with Crippen molar-refractivity contribution in [1.82, 2.24) is 0 Å². The van der Waals surface area contributed by atoms with Crippen molar-refractivity contribution in [3.05, 3.63) is 99.0 Å². The second-order valence-corrected chi connectivity index (χ2v) is 9.85. The molecule has 174 valence electrons. The molecule has 1 spiro atoms. The van der Waals surface area contributed by atoms with Crippen LogP contribution in [-0.2, 0) is 14.3 Å². The number of carbonyl (C=O) groups excluding carboxylic acids is 4. The van der Waals surface area contributed by atoms with E-state index in [0.29, 0.717) is 16.3 Å². The van der Waals surface area contributed by atoms with Crippen LogP contribution >= 0.6 is 23.2 Å². The number of hydrogen-bond acceptors (Lipinski definition) is 6. The molecule has 0 unspecified atom stereocenters. The number of nitrogens with zero attached hydrogens (tertiary/aromatic N) is 1. The van der Waals surface area contributed by atoms with Gasteiger partial charge in [-0.15, -0.1) is 0 Å². The van der Waals surface area contributed by atoms with E-state index in [-0.39, 0.29) is 16.1 Å². The highest BCUT2D eigenvalue weighted by molar-refractivity contribution is 6.42. The second-order valence-electron chi connectivity index (χ2n) is 9.04. The number of carbonyl (C=O) groups is 4. The zero-order valence-corrected chi connectivity index (χ0v) is 19.8. The summed E-state index contributed by atoms with van der Waals surface area (Å²) in [5.74, 6) is -5.11. The minimum Gasteiger partial charge on any atom is -0.393 e. The van der Waals surface area contributed by atoms with Gasteiger partial charge in [-0.3, -0.25) is 19.2 Å². The Morgan fingerprint density at radius 3 is 2.03 bits per heavy atom. The molecule has 35 heavy (non-hydrogen) atoms. The average Bonchev–Trinajstić information content (AvgIpc) is 3.40. The largest absolute Gasteiger partial charge is 0.393 e. The van der Waals surface area contributed by atoms with E-state index in [1.54, 1.807) is 47.4 Å². The number of ketones is 2. The van der Waals surface area contributed by atoms with Gasteiger partial charge in [-0.1, -0.05) is 77.3 Å². The van der Waals surface area contributed by atoms with E-state index in [2.05, 4.69) is 0 Å². The Balaban J connectivity index is 1.69. The van der Waals surface area contributed by atoms with Gasteiger partial charge >= 0.3 is 11.9 Å². The number of fused-ring (bicyclic) bond motifs is 3. The Labute approximate surface area is 210 Å². The first-order chi connectivity index (χ1) is 16.8. The fraction of sp³-hybridized carbons (Fsp3) is 0.185. The van der Waals surface area contributed by atoms with E-state index in [1.165, 1.54) is 0 Å². The molecule has 0 amide bonds. The van der Waals surface area contributed by atoms with Crippen LogP contribution < -0.4 is 4.90 Å². The number of aryl methyl sites for hydroxylation is 1. The Morgan fingerprint density at radius 2 is 1.43 bits per heavy atom. The van der Waals surface area contributed by atoms with Crippen molar-refractivity contribution in [1.29, 1.82) is 0 Å². The summed E-state index contributed by atoms with van der Waals surface area (Å²) in [7, 11) is 0. The van der Waals surface area contributed by atoms with Gasteiger partial charge < -0.3 is 9.64 Å². The Hall–Kier alpha value is -3.48. The average molecular weight is 506 g/mol. The molecule has 2 saturated heterocycles. The Morgan fingerprint density at radius 1 is 0.800 bits per heavy atom. The van der Waals surface area contributed by atoms with Gasteiger partial charge in [-0.25, -0.2) is 0 Å². The summed E-state index contributed by atoms with van der Waals surface area (Å²) >= 11 is 12.5. The van der Waals surface area contributed by atoms with Crippen LogP contribution in [0.25, 0.3) is 0 Å².